The highest BCUT2D eigenvalue weighted by molar-refractivity contribution is 7.15. The van der Waals surface area contributed by atoms with E-state index in [1.54, 1.807) is 11.3 Å². The number of fused-ring (bicyclic) bond motifs is 1. The fourth-order valence-corrected chi connectivity index (χ4v) is 4.84. The number of thiazole rings is 1. The van der Waals surface area contributed by atoms with Gasteiger partial charge in [-0.1, -0.05) is 0 Å². The molecule has 3 aromatic rings. The van der Waals surface area contributed by atoms with Crippen LogP contribution >= 0.6 is 11.3 Å². The fraction of sp³-hybridized carbons (Fsp3) is 0.579. The Morgan fingerprint density at radius 1 is 1.35 bits per heavy atom. The maximum absolute atomic E-state index is 6.05. The van der Waals surface area contributed by atoms with Crippen LogP contribution in [0.4, 0.5) is 0 Å². The summed E-state index contributed by atoms with van der Waals surface area (Å²) in [5.41, 5.74) is 3.87. The van der Waals surface area contributed by atoms with Crippen molar-refractivity contribution in [2.45, 2.75) is 51.3 Å². The predicted molar refractivity (Wildman–Crippen MR) is 101 cm³/mol. The summed E-state index contributed by atoms with van der Waals surface area (Å²) in [6, 6.07) is 2.10. The minimum Gasteiger partial charge on any atom is -0.372 e. The molecule has 1 aliphatic carbocycles. The van der Waals surface area contributed by atoms with E-state index in [1.807, 2.05) is 6.20 Å². The fourth-order valence-electron chi connectivity index (χ4n) is 4.10. The summed E-state index contributed by atoms with van der Waals surface area (Å²) >= 11 is 1.72. The van der Waals surface area contributed by atoms with E-state index >= 15 is 0 Å². The second-order valence-electron chi connectivity index (χ2n) is 7.32. The molecule has 1 N–H and O–H groups in total. The summed E-state index contributed by atoms with van der Waals surface area (Å²) in [5, 5.41) is 10.2. The first-order valence-corrected chi connectivity index (χ1v) is 10.5. The lowest BCUT2D eigenvalue weighted by Gasteiger charge is -2.20. The third-order valence-electron chi connectivity index (χ3n) is 5.61. The van der Waals surface area contributed by atoms with Crippen LogP contribution in [-0.4, -0.2) is 32.3 Å². The molecule has 0 bridgehead atoms. The normalized spacial score (nSPS) is 23.3. The molecule has 0 amide bonds. The standard InChI is InChI=1S/C19H25N5OS/c1-2-24-15(5-7-21-24)18-14(6-9-25-18)11-20-12-16-17(13-3-4-13)22-19-23(16)8-10-26-19/h5,7-8,10,13-14,18,20H,2-4,6,9,11-12H2,1H3/t14-,18+/m0/s1. The molecule has 3 aromatic heterocycles. The zero-order valence-corrected chi connectivity index (χ0v) is 15.9. The van der Waals surface area contributed by atoms with Gasteiger partial charge in [-0.3, -0.25) is 9.08 Å². The van der Waals surface area contributed by atoms with Gasteiger partial charge in [0.15, 0.2) is 4.96 Å². The Kier molecular flexibility index (Phi) is 4.30. The van der Waals surface area contributed by atoms with E-state index in [0.717, 1.165) is 37.6 Å². The number of nitrogens with zero attached hydrogens (tertiary/aromatic N) is 4. The summed E-state index contributed by atoms with van der Waals surface area (Å²) in [6.45, 7) is 5.69. The van der Waals surface area contributed by atoms with E-state index in [-0.39, 0.29) is 6.10 Å². The minimum absolute atomic E-state index is 0.152. The topological polar surface area (TPSA) is 56.4 Å². The highest BCUT2D eigenvalue weighted by Crippen LogP contribution is 2.42. The highest BCUT2D eigenvalue weighted by Gasteiger charge is 2.33. The summed E-state index contributed by atoms with van der Waals surface area (Å²) in [6.07, 6.45) is 7.86. The van der Waals surface area contributed by atoms with Crippen molar-refractivity contribution in [2.75, 3.05) is 13.2 Å². The molecule has 6 nitrogen and oxygen atoms in total. The van der Waals surface area contributed by atoms with Crippen LogP contribution in [0.2, 0.25) is 0 Å². The van der Waals surface area contributed by atoms with Crippen molar-refractivity contribution in [1.29, 1.82) is 0 Å². The molecule has 7 heteroatoms. The largest absolute Gasteiger partial charge is 0.372 e. The van der Waals surface area contributed by atoms with Gasteiger partial charge >= 0.3 is 0 Å². The molecule has 2 aliphatic rings. The van der Waals surface area contributed by atoms with Gasteiger partial charge < -0.3 is 10.1 Å². The van der Waals surface area contributed by atoms with Gasteiger partial charge in [0, 0.05) is 55.9 Å². The van der Waals surface area contributed by atoms with Crippen molar-refractivity contribution >= 4 is 16.3 Å². The summed E-state index contributed by atoms with van der Waals surface area (Å²) < 4.78 is 10.4. The van der Waals surface area contributed by atoms with Gasteiger partial charge in [-0.2, -0.15) is 5.10 Å². The van der Waals surface area contributed by atoms with Crippen molar-refractivity contribution in [2.24, 2.45) is 5.92 Å². The molecule has 26 heavy (non-hydrogen) atoms. The van der Waals surface area contributed by atoms with Crippen molar-refractivity contribution in [1.82, 2.24) is 24.5 Å². The van der Waals surface area contributed by atoms with E-state index in [1.165, 1.54) is 29.9 Å². The highest BCUT2D eigenvalue weighted by atomic mass is 32.1. The maximum atomic E-state index is 6.05. The molecule has 1 aliphatic heterocycles. The third kappa shape index (κ3) is 2.88. The van der Waals surface area contributed by atoms with Crippen molar-refractivity contribution in [3.8, 4) is 0 Å². The second kappa shape index (κ2) is 6.79. The van der Waals surface area contributed by atoms with Gasteiger partial charge in [0.2, 0.25) is 0 Å². The van der Waals surface area contributed by atoms with Gasteiger partial charge in [-0.15, -0.1) is 11.3 Å². The van der Waals surface area contributed by atoms with E-state index < -0.39 is 0 Å². The van der Waals surface area contributed by atoms with Crippen molar-refractivity contribution < 1.29 is 4.74 Å². The number of imidazole rings is 1. The lowest BCUT2D eigenvalue weighted by molar-refractivity contribution is 0.0829. The third-order valence-corrected chi connectivity index (χ3v) is 6.37. The second-order valence-corrected chi connectivity index (χ2v) is 8.19. The number of aromatic nitrogens is 4. The van der Waals surface area contributed by atoms with Crippen LogP contribution in [0.5, 0.6) is 0 Å². The van der Waals surface area contributed by atoms with Crippen LogP contribution in [0.3, 0.4) is 0 Å². The first kappa shape index (κ1) is 16.5. The van der Waals surface area contributed by atoms with E-state index in [9.17, 15) is 0 Å². The quantitative estimate of drug-likeness (QED) is 0.692. The maximum Gasteiger partial charge on any atom is 0.194 e. The van der Waals surface area contributed by atoms with E-state index in [0.29, 0.717) is 11.8 Å². The summed E-state index contributed by atoms with van der Waals surface area (Å²) in [5.74, 6) is 1.17. The number of nitrogens with one attached hydrogen (secondary N) is 1. The Morgan fingerprint density at radius 2 is 2.27 bits per heavy atom. The summed E-state index contributed by atoms with van der Waals surface area (Å²) in [7, 11) is 0. The number of ether oxygens (including phenoxy) is 1. The molecule has 1 saturated carbocycles. The molecule has 0 radical (unpaired) electrons. The molecule has 4 heterocycles. The lowest BCUT2D eigenvalue weighted by atomic mass is 9.99. The Labute approximate surface area is 157 Å². The van der Waals surface area contributed by atoms with Crippen LogP contribution < -0.4 is 5.32 Å². The van der Waals surface area contributed by atoms with Gasteiger partial charge in [0.25, 0.3) is 0 Å². The Bertz CT molecular complexity index is 893. The van der Waals surface area contributed by atoms with E-state index in [4.69, 9.17) is 9.72 Å². The van der Waals surface area contributed by atoms with Crippen molar-refractivity contribution in [3.05, 3.63) is 40.9 Å². The molecule has 2 atom stereocenters. The Hall–Kier alpha value is -1.70. The summed E-state index contributed by atoms with van der Waals surface area (Å²) in [4.78, 5) is 5.99. The first-order chi connectivity index (χ1) is 12.8. The zero-order valence-electron chi connectivity index (χ0n) is 15.1. The van der Waals surface area contributed by atoms with E-state index in [2.05, 4.69) is 44.1 Å². The first-order valence-electron chi connectivity index (χ1n) is 9.63. The SMILES string of the molecule is CCn1nccc1[C@@H]1OCC[C@H]1CNCc1c(C2CC2)nc2sccn12. The van der Waals surface area contributed by atoms with Crippen LogP contribution in [0.1, 0.15) is 55.3 Å². The average Bonchev–Trinajstić information content (AvgIpc) is 3.05. The van der Waals surface area contributed by atoms with Crippen molar-refractivity contribution in [3.63, 3.8) is 0 Å². The Morgan fingerprint density at radius 3 is 3.12 bits per heavy atom. The van der Waals surface area contributed by atoms with Crippen LogP contribution in [0.15, 0.2) is 23.8 Å². The molecule has 1 saturated heterocycles. The monoisotopic (exact) mass is 371 g/mol. The molecule has 0 aromatic carbocycles. The molecule has 138 valence electrons. The van der Waals surface area contributed by atoms with Gasteiger partial charge in [0.1, 0.15) is 6.10 Å². The molecular formula is C19H25N5OS. The Balaban J connectivity index is 1.28. The number of hydrogen-bond donors (Lipinski definition) is 1. The van der Waals surface area contributed by atoms with Crippen LogP contribution in [0, 0.1) is 5.92 Å². The number of aryl methyl sites for hydroxylation is 1. The molecule has 5 rings (SSSR count). The van der Waals surface area contributed by atoms with Gasteiger partial charge in [0.05, 0.1) is 17.1 Å². The molecule has 0 unspecified atom stereocenters. The molecule has 2 fully saturated rings. The molecule has 0 spiro atoms. The predicted octanol–water partition coefficient (Wildman–Crippen LogP) is 3.36. The lowest BCUT2D eigenvalue weighted by Crippen LogP contribution is -2.26. The van der Waals surface area contributed by atoms with Gasteiger partial charge in [-0.05, 0) is 32.3 Å². The zero-order chi connectivity index (χ0) is 17.5. The average molecular weight is 372 g/mol. The minimum atomic E-state index is 0.152. The van der Waals surface area contributed by atoms with Gasteiger partial charge in [-0.25, -0.2) is 4.98 Å². The van der Waals surface area contributed by atoms with Crippen LogP contribution in [0.25, 0.3) is 4.96 Å². The molecular weight excluding hydrogens is 346 g/mol. The number of rotatable bonds is 7. The van der Waals surface area contributed by atoms with Crippen LogP contribution in [-0.2, 0) is 17.8 Å². The number of hydrogen-bond acceptors (Lipinski definition) is 5. The smallest absolute Gasteiger partial charge is 0.194 e.